The van der Waals surface area contributed by atoms with Gasteiger partial charge in [-0.15, -0.1) is 0 Å². The lowest BCUT2D eigenvalue weighted by molar-refractivity contribution is 0.104. The maximum atomic E-state index is 11.1. The summed E-state index contributed by atoms with van der Waals surface area (Å²) in [5.41, 5.74) is 4.91. The van der Waals surface area contributed by atoms with Gasteiger partial charge in [0, 0.05) is 55.2 Å². The first kappa shape index (κ1) is 17.2. The Bertz CT molecular complexity index is 1080. The van der Waals surface area contributed by atoms with E-state index in [0.29, 0.717) is 24.8 Å². The van der Waals surface area contributed by atoms with Crippen LogP contribution in [-0.4, -0.2) is 55.2 Å². The highest BCUT2D eigenvalue weighted by atomic mass is 35.5. The first-order valence-electron chi connectivity index (χ1n) is 9.22. The lowest BCUT2D eigenvalue weighted by Gasteiger charge is -2.41. The van der Waals surface area contributed by atoms with Crippen molar-refractivity contribution in [2.45, 2.75) is 31.8 Å². The number of nitrogens with zero attached hydrogens (tertiary/aromatic N) is 5. The lowest BCUT2D eigenvalue weighted by atomic mass is 9.88. The molecule has 8 nitrogen and oxygen atoms in total. The van der Waals surface area contributed by atoms with Gasteiger partial charge in [0.1, 0.15) is 17.1 Å². The molecule has 2 N–H and O–H groups in total. The molecular weight excluding hydrogens is 380 g/mol. The van der Waals surface area contributed by atoms with Gasteiger partial charge < -0.3 is 19.9 Å². The van der Waals surface area contributed by atoms with Gasteiger partial charge in [-0.25, -0.2) is 19.7 Å². The van der Waals surface area contributed by atoms with Crippen molar-refractivity contribution >= 4 is 34.4 Å². The van der Waals surface area contributed by atoms with Crippen LogP contribution in [0.25, 0.3) is 11.0 Å². The van der Waals surface area contributed by atoms with Gasteiger partial charge in [0.2, 0.25) is 0 Å². The number of likely N-dealkylation sites (tertiary alicyclic amines) is 1. The third-order valence-electron chi connectivity index (χ3n) is 5.74. The van der Waals surface area contributed by atoms with Crippen molar-refractivity contribution in [2.75, 3.05) is 18.0 Å². The molecule has 3 aromatic rings. The molecule has 0 radical (unpaired) electrons. The second-order valence-corrected chi connectivity index (χ2v) is 7.84. The van der Waals surface area contributed by atoms with Gasteiger partial charge in [0.05, 0.1) is 17.1 Å². The highest BCUT2D eigenvalue weighted by molar-refractivity contribution is 6.30. The Morgan fingerprint density at radius 2 is 2.18 bits per heavy atom. The monoisotopic (exact) mass is 398 g/mol. The molecule has 0 bridgehead atoms. The highest BCUT2D eigenvalue weighted by Gasteiger charge is 2.37. The summed E-state index contributed by atoms with van der Waals surface area (Å²) in [7, 11) is 0. The Hall–Kier alpha value is -2.87. The number of aromatic nitrogens is 4. The van der Waals surface area contributed by atoms with E-state index in [1.807, 2.05) is 18.3 Å². The van der Waals surface area contributed by atoms with Crippen LogP contribution in [0.2, 0.25) is 5.15 Å². The van der Waals surface area contributed by atoms with Crippen molar-refractivity contribution in [3.63, 3.8) is 0 Å². The van der Waals surface area contributed by atoms with Crippen molar-refractivity contribution in [1.82, 2.24) is 24.8 Å². The number of pyridine rings is 1. The molecule has 1 fully saturated rings. The number of carboxylic acid groups (broad SMARTS) is 1. The minimum absolute atomic E-state index is 0.122. The summed E-state index contributed by atoms with van der Waals surface area (Å²) < 4.78 is 0. The van der Waals surface area contributed by atoms with Crippen LogP contribution >= 0.6 is 11.6 Å². The Balaban J connectivity index is 1.52. The van der Waals surface area contributed by atoms with E-state index in [-0.39, 0.29) is 12.0 Å². The van der Waals surface area contributed by atoms with Gasteiger partial charge in [-0.3, -0.25) is 0 Å². The third kappa shape index (κ3) is 2.67. The molecule has 2 aliphatic rings. The molecule has 28 heavy (non-hydrogen) atoms. The van der Waals surface area contributed by atoms with E-state index >= 15 is 0 Å². The molecule has 1 amide bonds. The fourth-order valence-electron chi connectivity index (χ4n) is 4.24. The number of H-pyrrole nitrogens is 1. The Morgan fingerprint density at radius 3 is 2.96 bits per heavy atom. The van der Waals surface area contributed by atoms with Gasteiger partial charge in [0.25, 0.3) is 0 Å². The molecule has 1 unspecified atom stereocenters. The predicted octanol–water partition coefficient (Wildman–Crippen LogP) is 3.03. The van der Waals surface area contributed by atoms with Crippen LogP contribution in [0.3, 0.4) is 0 Å². The van der Waals surface area contributed by atoms with Gasteiger partial charge in [-0.2, -0.15) is 0 Å². The van der Waals surface area contributed by atoms with Gasteiger partial charge in [-0.1, -0.05) is 11.6 Å². The molecule has 0 aliphatic carbocycles. The first-order chi connectivity index (χ1) is 13.5. The molecule has 2 aliphatic heterocycles. The molecule has 1 atom stereocenters. The Morgan fingerprint density at radius 1 is 1.36 bits per heavy atom. The zero-order valence-corrected chi connectivity index (χ0v) is 16.0. The van der Waals surface area contributed by atoms with Crippen LogP contribution in [0.1, 0.15) is 29.8 Å². The molecule has 5 heterocycles. The van der Waals surface area contributed by atoms with Crippen molar-refractivity contribution in [3.8, 4) is 0 Å². The Labute approximate surface area is 166 Å². The molecule has 3 aromatic heterocycles. The van der Waals surface area contributed by atoms with Crippen LogP contribution in [0.15, 0.2) is 24.7 Å². The third-order valence-corrected chi connectivity index (χ3v) is 5.93. The summed E-state index contributed by atoms with van der Waals surface area (Å²) in [5.74, 6) is 0.122. The minimum atomic E-state index is -0.879. The Kier molecular flexibility index (Phi) is 3.90. The first-order valence-corrected chi connectivity index (χ1v) is 9.60. The number of anilines is 1. The average molecular weight is 399 g/mol. The maximum Gasteiger partial charge on any atom is 0.407 e. The van der Waals surface area contributed by atoms with E-state index in [9.17, 15) is 4.79 Å². The normalized spacial score (nSPS) is 19.6. The summed E-state index contributed by atoms with van der Waals surface area (Å²) in [6.07, 6.45) is 3.39. The van der Waals surface area contributed by atoms with Crippen molar-refractivity contribution in [1.29, 1.82) is 0 Å². The predicted molar refractivity (Wildman–Crippen MR) is 105 cm³/mol. The number of carbonyl (C=O) groups is 1. The van der Waals surface area contributed by atoms with E-state index in [2.05, 4.69) is 31.8 Å². The average Bonchev–Trinajstić information content (AvgIpc) is 3.07. The van der Waals surface area contributed by atoms with Gasteiger partial charge >= 0.3 is 6.09 Å². The quantitative estimate of drug-likeness (QED) is 0.644. The van der Waals surface area contributed by atoms with Crippen LogP contribution in [0.4, 0.5) is 10.5 Å². The van der Waals surface area contributed by atoms with Crippen molar-refractivity contribution < 1.29 is 9.90 Å². The zero-order valence-electron chi connectivity index (χ0n) is 15.3. The van der Waals surface area contributed by atoms with Gasteiger partial charge in [0.15, 0.2) is 0 Å². The van der Waals surface area contributed by atoms with E-state index < -0.39 is 6.09 Å². The van der Waals surface area contributed by atoms with E-state index in [1.165, 1.54) is 4.90 Å². The second kappa shape index (κ2) is 6.34. The second-order valence-electron chi connectivity index (χ2n) is 7.45. The largest absolute Gasteiger partial charge is 0.465 e. The van der Waals surface area contributed by atoms with E-state index in [1.54, 1.807) is 6.33 Å². The topological polar surface area (TPSA) is 98.2 Å². The molecule has 1 saturated heterocycles. The molecule has 0 saturated carbocycles. The molecule has 0 aromatic carbocycles. The smallest absolute Gasteiger partial charge is 0.407 e. The molecule has 5 rings (SSSR count). The number of halogens is 1. The summed E-state index contributed by atoms with van der Waals surface area (Å²) >= 11 is 6.26. The van der Waals surface area contributed by atoms with E-state index in [0.717, 1.165) is 40.1 Å². The van der Waals surface area contributed by atoms with Gasteiger partial charge in [-0.05, 0) is 19.1 Å². The molecule has 144 valence electrons. The SMILES string of the molecule is CC1Cc2ncnc(C3CN(C(=O)O)C3)c2CN1c1cc(Cl)nc2[nH]ccc12. The number of hydrogen-bond donors (Lipinski definition) is 2. The molecular formula is C19H19ClN6O2. The molecule has 0 spiro atoms. The fourth-order valence-corrected chi connectivity index (χ4v) is 4.43. The highest BCUT2D eigenvalue weighted by Crippen LogP contribution is 2.37. The number of hydrogen-bond acceptors (Lipinski definition) is 5. The molecule has 9 heteroatoms. The summed E-state index contributed by atoms with van der Waals surface area (Å²) in [4.78, 5) is 31.4. The van der Waals surface area contributed by atoms with Crippen LogP contribution < -0.4 is 4.90 Å². The standard InChI is InChI=1S/C19H19ClN6O2/c1-10-4-14-13(17(23-9-22-14)11-6-25(7-11)19(27)28)8-26(10)15-5-16(20)24-18-12(15)2-3-21-18/h2-3,5,9-11H,4,6-8H2,1H3,(H,21,24)(H,27,28). The summed E-state index contributed by atoms with van der Waals surface area (Å²) in [6, 6.07) is 4.15. The number of nitrogens with one attached hydrogen (secondary N) is 1. The van der Waals surface area contributed by atoms with Crippen LogP contribution in [0, 0.1) is 0 Å². The van der Waals surface area contributed by atoms with Crippen LogP contribution in [0.5, 0.6) is 0 Å². The fraction of sp³-hybridized carbons (Fsp3) is 0.368. The van der Waals surface area contributed by atoms with Crippen molar-refractivity contribution in [3.05, 3.63) is 46.8 Å². The number of aromatic amines is 1. The van der Waals surface area contributed by atoms with E-state index in [4.69, 9.17) is 16.7 Å². The number of rotatable bonds is 2. The number of amides is 1. The summed E-state index contributed by atoms with van der Waals surface area (Å²) in [5, 5.41) is 10.6. The number of fused-ring (bicyclic) bond motifs is 2. The van der Waals surface area contributed by atoms with Crippen LogP contribution in [-0.2, 0) is 13.0 Å². The lowest BCUT2D eigenvalue weighted by Crippen LogP contribution is -2.49. The zero-order chi connectivity index (χ0) is 19.4. The maximum absolute atomic E-state index is 11.1. The summed E-state index contributed by atoms with van der Waals surface area (Å²) in [6.45, 7) is 3.80. The van der Waals surface area contributed by atoms with Crippen molar-refractivity contribution in [2.24, 2.45) is 0 Å². The minimum Gasteiger partial charge on any atom is -0.465 e.